The van der Waals surface area contributed by atoms with Gasteiger partial charge in [0, 0.05) is 37.0 Å². The Balaban J connectivity index is 1.91. The quantitative estimate of drug-likeness (QED) is 0.879. The van der Waals surface area contributed by atoms with Gasteiger partial charge in [-0.3, -0.25) is 4.99 Å². The molecule has 1 saturated heterocycles. The normalized spacial score (nSPS) is 22.6. The Morgan fingerprint density at radius 3 is 3.00 bits per heavy atom. The van der Waals surface area contributed by atoms with Crippen LogP contribution in [-0.2, 0) is 0 Å². The monoisotopic (exact) mass is 273 g/mol. The summed E-state index contributed by atoms with van der Waals surface area (Å²) < 4.78 is 0. The number of benzene rings is 1. The molecule has 4 nitrogen and oxygen atoms in total. The molecule has 0 saturated carbocycles. The summed E-state index contributed by atoms with van der Waals surface area (Å²) in [6.45, 7) is 3.14. The molecule has 1 aromatic rings. The third-order valence-corrected chi connectivity index (χ3v) is 4.23. The van der Waals surface area contributed by atoms with Gasteiger partial charge in [-0.1, -0.05) is 12.1 Å². The van der Waals surface area contributed by atoms with Gasteiger partial charge in [0.25, 0.3) is 0 Å². The van der Waals surface area contributed by atoms with E-state index in [4.69, 9.17) is 0 Å². The molecule has 1 fully saturated rings. The molecule has 0 bridgehead atoms. The van der Waals surface area contributed by atoms with Gasteiger partial charge >= 0.3 is 0 Å². The third kappa shape index (κ3) is 2.66. The van der Waals surface area contributed by atoms with Crippen LogP contribution >= 0.6 is 0 Å². The number of rotatable bonds is 4. The van der Waals surface area contributed by atoms with E-state index in [0.717, 1.165) is 31.9 Å². The second-order valence-electron chi connectivity index (χ2n) is 5.53. The van der Waals surface area contributed by atoms with E-state index in [1.54, 1.807) is 0 Å². The minimum atomic E-state index is 0.266. The summed E-state index contributed by atoms with van der Waals surface area (Å²) in [5, 5.41) is 12.7. The number of hydrogen-bond acceptors (Lipinski definition) is 4. The van der Waals surface area contributed by atoms with E-state index in [1.807, 2.05) is 0 Å². The van der Waals surface area contributed by atoms with Crippen molar-refractivity contribution in [2.75, 3.05) is 31.1 Å². The van der Waals surface area contributed by atoms with Crippen molar-refractivity contribution in [2.45, 2.75) is 31.7 Å². The van der Waals surface area contributed by atoms with Crippen molar-refractivity contribution in [1.29, 1.82) is 0 Å². The molecule has 4 heteroatoms. The second-order valence-corrected chi connectivity index (χ2v) is 5.53. The van der Waals surface area contributed by atoms with E-state index in [1.165, 1.54) is 30.5 Å². The van der Waals surface area contributed by atoms with Crippen LogP contribution in [0.1, 0.15) is 31.2 Å². The summed E-state index contributed by atoms with van der Waals surface area (Å²) in [4.78, 5) is 7.03. The summed E-state index contributed by atoms with van der Waals surface area (Å²) >= 11 is 0. The van der Waals surface area contributed by atoms with Crippen LogP contribution in [0.5, 0.6) is 0 Å². The van der Waals surface area contributed by atoms with Crippen LogP contribution < -0.4 is 10.2 Å². The molecule has 0 aromatic heterocycles. The number of aliphatic hydroxyl groups excluding tert-OH is 1. The van der Waals surface area contributed by atoms with E-state index >= 15 is 0 Å². The molecule has 0 radical (unpaired) electrons. The van der Waals surface area contributed by atoms with Gasteiger partial charge in [-0.2, -0.15) is 0 Å². The molecule has 0 spiro atoms. The fourth-order valence-corrected chi connectivity index (χ4v) is 3.27. The number of nitrogens with one attached hydrogen (secondary N) is 1. The van der Waals surface area contributed by atoms with Crippen LogP contribution in [-0.4, -0.2) is 43.2 Å². The van der Waals surface area contributed by atoms with Gasteiger partial charge in [0.15, 0.2) is 0 Å². The van der Waals surface area contributed by atoms with Crippen molar-refractivity contribution in [3.63, 3.8) is 0 Å². The summed E-state index contributed by atoms with van der Waals surface area (Å²) in [6, 6.07) is 8.97. The highest BCUT2D eigenvalue weighted by molar-refractivity contribution is 6.04. The lowest BCUT2D eigenvalue weighted by molar-refractivity contribution is 0.262. The Kier molecular flexibility index (Phi) is 4.21. The number of aliphatic hydroxyl groups is 1. The molecular weight excluding hydrogens is 250 g/mol. The molecule has 3 rings (SSSR count). The van der Waals surface area contributed by atoms with Crippen molar-refractivity contribution in [2.24, 2.45) is 4.99 Å². The van der Waals surface area contributed by atoms with Crippen LogP contribution in [0.2, 0.25) is 0 Å². The van der Waals surface area contributed by atoms with Crippen LogP contribution in [0.15, 0.2) is 29.3 Å². The smallest absolute Gasteiger partial charge is 0.130 e. The molecule has 20 heavy (non-hydrogen) atoms. The van der Waals surface area contributed by atoms with E-state index in [-0.39, 0.29) is 6.61 Å². The zero-order valence-corrected chi connectivity index (χ0v) is 11.9. The lowest BCUT2D eigenvalue weighted by atomic mass is 9.97. The fourth-order valence-electron chi connectivity index (χ4n) is 3.27. The molecule has 0 aliphatic carbocycles. The van der Waals surface area contributed by atoms with Crippen LogP contribution in [0.25, 0.3) is 0 Å². The van der Waals surface area contributed by atoms with Gasteiger partial charge in [0.2, 0.25) is 0 Å². The van der Waals surface area contributed by atoms with E-state index in [0.29, 0.717) is 6.04 Å². The highest BCUT2D eigenvalue weighted by Gasteiger charge is 2.25. The number of piperidine rings is 1. The predicted octanol–water partition coefficient (Wildman–Crippen LogP) is 1.78. The number of aliphatic imine (C=N–C) groups is 1. The maximum atomic E-state index is 9.30. The summed E-state index contributed by atoms with van der Waals surface area (Å²) in [5.41, 5.74) is 2.47. The average molecular weight is 273 g/mol. The molecule has 2 aliphatic rings. The van der Waals surface area contributed by atoms with Gasteiger partial charge in [0.1, 0.15) is 5.84 Å². The predicted molar refractivity (Wildman–Crippen MR) is 82.5 cm³/mol. The minimum absolute atomic E-state index is 0.266. The zero-order chi connectivity index (χ0) is 13.8. The first-order valence-corrected chi connectivity index (χ1v) is 7.65. The second kappa shape index (κ2) is 6.27. The maximum Gasteiger partial charge on any atom is 0.130 e. The van der Waals surface area contributed by atoms with Crippen molar-refractivity contribution >= 4 is 11.5 Å². The number of nitrogens with zero attached hydrogens (tertiary/aromatic N) is 2. The molecule has 108 valence electrons. The molecule has 1 unspecified atom stereocenters. The van der Waals surface area contributed by atoms with Gasteiger partial charge in [0.05, 0.1) is 6.54 Å². The van der Waals surface area contributed by atoms with Crippen LogP contribution in [0.4, 0.5) is 5.69 Å². The first kappa shape index (κ1) is 13.4. The third-order valence-electron chi connectivity index (χ3n) is 4.23. The Morgan fingerprint density at radius 2 is 2.20 bits per heavy atom. The zero-order valence-electron chi connectivity index (χ0n) is 11.9. The number of hydrogen-bond donors (Lipinski definition) is 2. The molecule has 2 aliphatic heterocycles. The first-order chi connectivity index (χ1) is 9.90. The molecule has 2 N–H and O–H groups in total. The largest absolute Gasteiger partial charge is 0.396 e. The van der Waals surface area contributed by atoms with Crippen molar-refractivity contribution in [1.82, 2.24) is 5.32 Å². The van der Waals surface area contributed by atoms with Gasteiger partial charge < -0.3 is 15.3 Å². The number of para-hydroxylation sites is 1. The Labute approximate surface area is 120 Å². The average Bonchev–Trinajstić information content (AvgIpc) is 3.02. The topological polar surface area (TPSA) is 47.9 Å². The van der Waals surface area contributed by atoms with Gasteiger partial charge in [-0.25, -0.2) is 0 Å². The van der Waals surface area contributed by atoms with Crippen molar-refractivity contribution in [3.05, 3.63) is 29.8 Å². The maximum absolute atomic E-state index is 9.30. The standard InChI is InChI=1S/C16H23N3O/c20-12-8-13-5-3-4-11-19(13)15-7-2-1-6-14(15)16-17-9-10-18-16/h1-2,6-7,13,20H,3-5,8-12H2,(H,17,18). The van der Waals surface area contributed by atoms with Crippen LogP contribution in [0, 0.1) is 0 Å². The lowest BCUT2D eigenvalue weighted by Gasteiger charge is -2.38. The molecule has 1 atom stereocenters. The summed E-state index contributed by atoms with van der Waals surface area (Å²) in [6.07, 6.45) is 4.53. The number of anilines is 1. The highest BCUT2D eigenvalue weighted by Crippen LogP contribution is 2.29. The highest BCUT2D eigenvalue weighted by atomic mass is 16.3. The minimum Gasteiger partial charge on any atom is -0.396 e. The molecule has 2 heterocycles. The van der Waals surface area contributed by atoms with Gasteiger partial charge in [-0.05, 0) is 37.8 Å². The molecule has 0 amide bonds. The molecular formula is C16H23N3O. The first-order valence-electron chi connectivity index (χ1n) is 7.65. The Hall–Kier alpha value is -1.55. The summed E-state index contributed by atoms with van der Waals surface area (Å²) in [5.74, 6) is 1.02. The van der Waals surface area contributed by atoms with Crippen LogP contribution in [0.3, 0.4) is 0 Å². The number of amidine groups is 1. The molecule has 1 aromatic carbocycles. The van der Waals surface area contributed by atoms with E-state index < -0.39 is 0 Å². The van der Waals surface area contributed by atoms with E-state index in [9.17, 15) is 5.11 Å². The lowest BCUT2D eigenvalue weighted by Crippen LogP contribution is -2.41. The fraction of sp³-hybridized carbons (Fsp3) is 0.562. The van der Waals surface area contributed by atoms with Gasteiger partial charge in [-0.15, -0.1) is 0 Å². The SMILES string of the molecule is OCCC1CCCCN1c1ccccc1C1=NCCN1. The van der Waals surface area contributed by atoms with Crippen molar-refractivity contribution in [3.8, 4) is 0 Å². The van der Waals surface area contributed by atoms with Crippen molar-refractivity contribution < 1.29 is 5.11 Å². The summed E-state index contributed by atoms with van der Waals surface area (Å²) in [7, 11) is 0. The van der Waals surface area contributed by atoms with E-state index in [2.05, 4.69) is 39.5 Å². The Bertz CT molecular complexity index is 484. The Morgan fingerprint density at radius 1 is 1.30 bits per heavy atom.